The van der Waals surface area contributed by atoms with E-state index in [1.807, 2.05) is 19.3 Å². The highest BCUT2D eigenvalue weighted by molar-refractivity contribution is 9.10. The second-order valence-corrected chi connectivity index (χ2v) is 4.99. The van der Waals surface area contributed by atoms with Gasteiger partial charge in [-0.2, -0.15) is 5.10 Å². The third-order valence-electron chi connectivity index (χ3n) is 2.72. The average Bonchev–Trinajstić information content (AvgIpc) is 2.72. The van der Waals surface area contributed by atoms with Gasteiger partial charge in [-0.15, -0.1) is 0 Å². The molecule has 0 amide bonds. The number of benzene rings is 1. The summed E-state index contributed by atoms with van der Waals surface area (Å²) in [7, 11) is 1.84. The van der Waals surface area contributed by atoms with Crippen LogP contribution in [0.25, 0.3) is 0 Å². The molecule has 0 aliphatic carbocycles. The Bertz CT molecular complexity index is 541. The number of hydrogen-bond donors (Lipinski definition) is 2. The number of nitrogens with two attached hydrogens (primary N) is 1. The number of aromatic nitrogens is 2. The molecule has 3 N–H and O–H groups in total. The van der Waals surface area contributed by atoms with Crippen LogP contribution in [0.4, 0.5) is 4.39 Å². The largest absolute Gasteiger partial charge is 0.276 e. The average molecular weight is 313 g/mol. The van der Waals surface area contributed by atoms with E-state index in [0.717, 1.165) is 5.69 Å². The number of nitrogens with one attached hydrogen (secondary N) is 1. The number of halogens is 2. The summed E-state index contributed by atoms with van der Waals surface area (Å²) in [4.78, 5) is 0. The molecule has 0 fully saturated rings. The van der Waals surface area contributed by atoms with Gasteiger partial charge in [0.15, 0.2) is 0 Å². The van der Waals surface area contributed by atoms with Crippen LogP contribution in [0, 0.1) is 5.82 Å². The van der Waals surface area contributed by atoms with E-state index in [2.05, 4.69) is 26.5 Å². The topological polar surface area (TPSA) is 55.9 Å². The van der Waals surface area contributed by atoms with Crippen molar-refractivity contribution in [2.24, 2.45) is 12.9 Å². The van der Waals surface area contributed by atoms with Gasteiger partial charge in [0, 0.05) is 29.7 Å². The minimum atomic E-state index is -0.298. The molecule has 0 radical (unpaired) electrons. The number of aryl methyl sites for hydroxylation is 1. The van der Waals surface area contributed by atoms with Crippen LogP contribution in [-0.2, 0) is 13.5 Å². The van der Waals surface area contributed by atoms with E-state index in [4.69, 9.17) is 5.84 Å². The van der Waals surface area contributed by atoms with E-state index < -0.39 is 0 Å². The molecule has 18 heavy (non-hydrogen) atoms. The van der Waals surface area contributed by atoms with Gasteiger partial charge in [-0.25, -0.2) is 4.39 Å². The minimum Gasteiger partial charge on any atom is -0.276 e. The second kappa shape index (κ2) is 5.60. The van der Waals surface area contributed by atoms with Crippen molar-refractivity contribution in [1.29, 1.82) is 0 Å². The fourth-order valence-electron chi connectivity index (χ4n) is 1.82. The Kier molecular flexibility index (Phi) is 4.11. The predicted octanol–water partition coefficient (Wildman–Crippen LogP) is 2.07. The van der Waals surface area contributed by atoms with Crippen molar-refractivity contribution in [3.8, 4) is 0 Å². The smallest absolute Gasteiger partial charge is 0.129 e. The monoisotopic (exact) mass is 312 g/mol. The summed E-state index contributed by atoms with van der Waals surface area (Å²) in [6, 6.07) is 6.53. The second-order valence-electron chi connectivity index (χ2n) is 4.07. The maximum Gasteiger partial charge on any atom is 0.129 e. The normalized spacial score (nSPS) is 12.7. The van der Waals surface area contributed by atoms with Crippen molar-refractivity contribution < 1.29 is 4.39 Å². The van der Waals surface area contributed by atoms with Crippen molar-refractivity contribution in [3.05, 3.63) is 52.0 Å². The van der Waals surface area contributed by atoms with E-state index >= 15 is 0 Å². The van der Waals surface area contributed by atoms with Crippen LogP contribution in [0.3, 0.4) is 0 Å². The lowest BCUT2D eigenvalue weighted by atomic mass is 10.0. The van der Waals surface area contributed by atoms with Gasteiger partial charge in [0.1, 0.15) is 5.82 Å². The standard InChI is InChI=1S/C12H14BrFN4/c1-18-5-4-9(17-18)7-12(16-15)10-3-2-8(13)6-11(10)14/h2-6,12,16H,7,15H2,1H3. The van der Waals surface area contributed by atoms with Gasteiger partial charge in [0.2, 0.25) is 0 Å². The van der Waals surface area contributed by atoms with Crippen LogP contribution in [0.1, 0.15) is 17.3 Å². The molecule has 0 saturated carbocycles. The Morgan fingerprint density at radius 3 is 2.83 bits per heavy atom. The van der Waals surface area contributed by atoms with Crippen molar-refractivity contribution in [2.75, 3.05) is 0 Å². The Morgan fingerprint density at radius 1 is 1.50 bits per heavy atom. The quantitative estimate of drug-likeness (QED) is 0.671. The zero-order valence-electron chi connectivity index (χ0n) is 9.90. The molecule has 6 heteroatoms. The number of rotatable bonds is 4. The number of hydrazine groups is 1. The van der Waals surface area contributed by atoms with Crippen LogP contribution in [0.2, 0.25) is 0 Å². The van der Waals surface area contributed by atoms with Crippen LogP contribution in [0.5, 0.6) is 0 Å². The summed E-state index contributed by atoms with van der Waals surface area (Å²) in [6.45, 7) is 0. The summed E-state index contributed by atoms with van der Waals surface area (Å²) in [5, 5.41) is 4.26. The third kappa shape index (κ3) is 2.95. The van der Waals surface area contributed by atoms with Gasteiger partial charge in [0.05, 0.1) is 11.7 Å². The Balaban J connectivity index is 2.22. The summed E-state index contributed by atoms with van der Waals surface area (Å²) in [5.41, 5.74) is 4.03. The molecule has 0 saturated heterocycles. The Labute approximate surface area is 113 Å². The lowest BCUT2D eigenvalue weighted by molar-refractivity contribution is 0.504. The van der Waals surface area contributed by atoms with Gasteiger partial charge >= 0.3 is 0 Å². The molecule has 96 valence electrons. The van der Waals surface area contributed by atoms with Crippen LogP contribution >= 0.6 is 15.9 Å². The highest BCUT2D eigenvalue weighted by Gasteiger charge is 2.16. The maximum atomic E-state index is 13.8. The van der Waals surface area contributed by atoms with Crippen molar-refractivity contribution >= 4 is 15.9 Å². The fourth-order valence-corrected chi connectivity index (χ4v) is 2.16. The molecule has 1 aromatic carbocycles. The van der Waals surface area contributed by atoms with E-state index in [1.165, 1.54) is 6.07 Å². The first kappa shape index (κ1) is 13.2. The summed E-state index contributed by atoms with van der Waals surface area (Å²) < 4.78 is 16.3. The third-order valence-corrected chi connectivity index (χ3v) is 3.21. The Hall–Kier alpha value is -1.24. The van der Waals surface area contributed by atoms with Gasteiger partial charge in [-0.05, 0) is 18.2 Å². The lowest BCUT2D eigenvalue weighted by Gasteiger charge is -2.16. The van der Waals surface area contributed by atoms with Crippen molar-refractivity contribution in [3.63, 3.8) is 0 Å². The highest BCUT2D eigenvalue weighted by atomic mass is 79.9. The van der Waals surface area contributed by atoms with E-state index in [0.29, 0.717) is 16.5 Å². The van der Waals surface area contributed by atoms with Gasteiger partial charge in [-0.1, -0.05) is 22.0 Å². The van der Waals surface area contributed by atoms with Gasteiger partial charge < -0.3 is 0 Å². The van der Waals surface area contributed by atoms with E-state index in [-0.39, 0.29) is 11.9 Å². The van der Waals surface area contributed by atoms with Gasteiger partial charge in [0.25, 0.3) is 0 Å². The van der Waals surface area contributed by atoms with Crippen molar-refractivity contribution in [1.82, 2.24) is 15.2 Å². The zero-order valence-corrected chi connectivity index (χ0v) is 11.5. The highest BCUT2D eigenvalue weighted by Crippen LogP contribution is 2.23. The van der Waals surface area contributed by atoms with Gasteiger partial charge in [-0.3, -0.25) is 16.0 Å². The molecule has 0 spiro atoms. The minimum absolute atomic E-state index is 0.289. The molecule has 4 nitrogen and oxygen atoms in total. The Morgan fingerprint density at radius 2 is 2.28 bits per heavy atom. The van der Waals surface area contributed by atoms with E-state index in [1.54, 1.807) is 16.8 Å². The molecular formula is C12H14BrFN4. The lowest BCUT2D eigenvalue weighted by Crippen LogP contribution is -2.30. The molecule has 1 aromatic heterocycles. The summed E-state index contributed by atoms with van der Waals surface area (Å²) >= 11 is 3.23. The SMILES string of the molecule is Cn1ccc(CC(NN)c2ccc(Br)cc2F)n1. The molecule has 2 aromatic rings. The summed E-state index contributed by atoms with van der Waals surface area (Å²) in [5.74, 6) is 5.21. The first-order chi connectivity index (χ1) is 8.60. The molecule has 2 rings (SSSR count). The van der Waals surface area contributed by atoms with Crippen LogP contribution in [0.15, 0.2) is 34.9 Å². The molecular weight excluding hydrogens is 299 g/mol. The number of nitrogens with zero attached hydrogens (tertiary/aromatic N) is 2. The van der Waals surface area contributed by atoms with Crippen molar-refractivity contribution in [2.45, 2.75) is 12.5 Å². The summed E-state index contributed by atoms with van der Waals surface area (Å²) in [6.07, 6.45) is 2.39. The molecule has 0 aliphatic heterocycles. The molecule has 1 unspecified atom stereocenters. The number of hydrogen-bond acceptors (Lipinski definition) is 3. The van der Waals surface area contributed by atoms with Crippen LogP contribution < -0.4 is 11.3 Å². The first-order valence-electron chi connectivity index (χ1n) is 5.49. The first-order valence-corrected chi connectivity index (χ1v) is 6.29. The molecule has 1 atom stereocenters. The predicted molar refractivity (Wildman–Crippen MR) is 71.1 cm³/mol. The zero-order chi connectivity index (χ0) is 13.1. The molecule has 0 aliphatic rings. The fraction of sp³-hybridized carbons (Fsp3) is 0.250. The molecule has 0 bridgehead atoms. The van der Waals surface area contributed by atoms with Crippen LogP contribution in [-0.4, -0.2) is 9.78 Å². The van der Waals surface area contributed by atoms with E-state index in [9.17, 15) is 4.39 Å². The maximum absolute atomic E-state index is 13.8. The molecule has 1 heterocycles.